The number of carbonyl (C=O) groups is 3. The number of carbonyl (C=O) groups excluding carboxylic acids is 2. The molecular weight excluding hydrogens is 226 g/mol. The first kappa shape index (κ1) is 12.8. The van der Waals surface area contributed by atoms with Gasteiger partial charge < -0.3 is 20.7 Å². The van der Waals surface area contributed by atoms with E-state index >= 15 is 0 Å². The summed E-state index contributed by atoms with van der Waals surface area (Å²) in [5.74, 6) is -2.05. The highest BCUT2D eigenvalue weighted by molar-refractivity contribution is 5.98. The summed E-state index contributed by atoms with van der Waals surface area (Å²) >= 11 is 0. The van der Waals surface area contributed by atoms with Gasteiger partial charge in [0.2, 0.25) is 5.91 Å². The molecule has 0 bridgehead atoms. The maximum Gasteiger partial charge on any atom is 0.305 e. The van der Waals surface area contributed by atoms with Crippen molar-refractivity contribution in [1.82, 2.24) is 9.88 Å². The molecule has 0 fully saturated rings. The summed E-state index contributed by atoms with van der Waals surface area (Å²) in [5, 5.41) is 10.8. The smallest absolute Gasteiger partial charge is 0.305 e. The molecule has 0 saturated heterocycles. The Balaban J connectivity index is 2.69. The van der Waals surface area contributed by atoms with Gasteiger partial charge in [-0.05, 0) is 6.07 Å². The van der Waals surface area contributed by atoms with Crippen LogP contribution in [0.1, 0.15) is 27.3 Å². The van der Waals surface area contributed by atoms with Crippen molar-refractivity contribution in [3.8, 4) is 0 Å². The van der Waals surface area contributed by atoms with Crippen molar-refractivity contribution in [3.63, 3.8) is 0 Å². The molecule has 0 aliphatic carbocycles. The Bertz CT molecular complexity index is 464. The van der Waals surface area contributed by atoms with Crippen molar-refractivity contribution in [2.24, 2.45) is 12.8 Å². The molecule has 0 atom stereocenters. The van der Waals surface area contributed by atoms with Gasteiger partial charge in [0, 0.05) is 19.8 Å². The summed E-state index contributed by atoms with van der Waals surface area (Å²) in [6, 6.07) is 1.36. The number of carboxylic acid groups (broad SMARTS) is 1. The van der Waals surface area contributed by atoms with E-state index in [2.05, 4.69) is 5.32 Å². The number of rotatable bonds is 5. The van der Waals surface area contributed by atoms with E-state index in [1.165, 1.54) is 16.8 Å². The van der Waals surface area contributed by atoms with Gasteiger partial charge >= 0.3 is 5.97 Å². The highest BCUT2D eigenvalue weighted by Crippen LogP contribution is 2.06. The number of nitrogens with one attached hydrogen (secondary N) is 1. The Morgan fingerprint density at radius 3 is 2.59 bits per heavy atom. The van der Waals surface area contributed by atoms with Crippen molar-refractivity contribution < 1.29 is 19.5 Å². The number of carboxylic acids is 1. The first-order valence-corrected chi connectivity index (χ1v) is 4.88. The Morgan fingerprint density at radius 2 is 2.12 bits per heavy atom. The van der Waals surface area contributed by atoms with Crippen molar-refractivity contribution in [2.45, 2.75) is 6.42 Å². The summed E-state index contributed by atoms with van der Waals surface area (Å²) in [5.41, 5.74) is 5.56. The maximum atomic E-state index is 11.6. The van der Waals surface area contributed by atoms with Crippen LogP contribution in [0.3, 0.4) is 0 Å². The summed E-state index contributed by atoms with van der Waals surface area (Å²) in [6.45, 7) is 0.0330. The highest BCUT2D eigenvalue weighted by Gasteiger charge is 2.13. The van der Waals surface area contributed by atoms with Gasteiger partial charge in [-0.3, -0.25) is 14.4 Å². The van der Waals surface area contributed by atoms with Crippen LogP contribution in [0, 0.1) is 0 Å². The molecule has 0 aromatic carbocycles. The number of aryl methyl sites for hydroxylation is 1. The minimum atomic E-state index is -0.991. The molecule has 1 aromatic rings. The topological polar surface area (TPSA) is 114 Å². The second kappa shape index (κ2) is 5.15. The van der Waals surface area contributed by atoms with E-state index in [1.54, 1.807) is 7.05 Å². The van der Waals surface area contributed by atoms with Crippen LogP contribution in [0.5, 0.6) is 0 Å². The fraction of sp³-hybridized carbons (Fsp3) is 0.300. The Morgan fingerprint density at radius 1 is 1.47 bits per heavy atom. The lowest BCUT2D eigenvalue weighted by atomic mass is 10.3. The van der Waals surface area contributed by atoms with Gasteiger partial charge in [0.25, 0.3) is 5.91 Å². The van der Waals surface area contributed by atoms with Gasteiger partial charge in [-0.15, -0.1) is 0 Å². The first-order chi connectivity index (χ1) is 7.91. The quantitative estimate of drug-likeness (QED) is 0.632. The molecule has 0 unspecified atom stereocenters. The Labute approximate surface area is 97.2 Å². The van der Waals surface area contributed by atoms with Gasteiger partial charge in [0.05, 0.1) is 12.0 Å². The standard InChI is InChI=1S/C10H13N3O4/c1-13-5-6(9(11)16)4-7(13)10(17)12-3-2-8(14)15/h4-5H,2-3H2,1H3,(H2,11,16)(H,12,17)(H,14,15). The minimum absolute atomic E-state index is 0.0330. The van der Waals surface area contributed by atoms with Crippen LogP contribution in [0.4, 0.5) is 0 Å². The molecule has 1 rings (SSSR count). The molecule has 1 heterocycles. The van der Waals surface area contributed by atoms with Crippen molar-refractivity contribution >= 4 is 17.8 Å². The molecule has 0 saturated carbocycles. The van der Waals surface area contributed by atoms with Gasteiger partial charge in [-0.1, -0.05) is 0 Å². The SMILES string of the molecule is Cn1cc(C(N)=O)cc1C(=O)NCCC(=O)O. The lowest BCUT2D eigenvalue weighted by Gasteiger charge is -2.03. The van der Waals surface area contributed by atoms with Crippen LogP contribution in [-0.4, -0.2) is 34.0 Å². The molecule has 0 spiro atoms. The average molecular weight is 239 g/mol. The fourth-order valence-corrected chi connectivity index (χ4v) is 1.30. The number of nitrogens with zero attached hydrogens (tertiary/aromatic N) is 1. The van der Waals surface area contributed by atoms with E-state index in [-0.39, 0.29) is 24.2 Å². The first-order valence-electron chi connectivity index (χ1n) is 4.88. The Hall–Kier alpha value is -2.31. The summed E-state index contributed by atoms with van der Waals surface area (Å²) in [4.78, 5) is 32.8. The molecule has 0 aliphatic rings. The third kappa shape index (κ3) is 3.33. The number of aromatic nitrogens is 1. The maximum absolute atomic E-state index is 11.6. The van der Waals surface area contributed by atoms with Gasteiger partial charge in [-0.25, -0.2) is 0 Å². The second-order valence-corrected chi connectivity index (χ2v) is 3.49. The number of primary amides is 1. The highest BCUT2D eigenvalue weighted by atomic mass is 16.4. The number of aliphatic carboxylic acids is 1. The van der Waals surface area contributed by atoms with Crippen molar-refractivity contribution in [2.75, 3.05) is 6.54 Å². The average Bonchev–Trinajstić information content (AvgIpc) is 2.59. The normalized spacial score (nSPS) is 9.94. The predicted molar refractivity (Wildman–Crippen MR) is 58.5 cm³/mol. The summed E-state index contributed by atoms with van der Waals surface area (Å²) < 4.78 is 1.45. The molecular formula is C10H13N3O4. The van der Waals surface area contributed by atoms with E-state index in [9.17, 15) is 14.4 Å². The lowest BCUT2D eigenvalue weighted by molar-refractivity contribution is -0.136. The van der Waals surface area contributed by atoms with Crippen LogP contribution >= 0.6 is 0 Å². The molecule has 7 nitrogen and oxygen atoms in total. The van der Waals surface area contributed by atoms with E-state index < -0.39 is 17.8 Å². The molecule has 1 aromatic heterocycles. The molecule has 4 N–H and O–H groups in total. The van der Waals surface area contributed by atoms with Crippen LogP contribution in [0.15, 0.2) is 12.3 Å². The third-order valence-electron chi connectivity index (χ3n) is 2.15. The molecule has 17 heavy (non-hydrogen) atoms. The van der Waals surface area contributed by atoms with Crippen LogP contribution in [0.25, 0.3) is 0 Å². The van der Waals surface area contributed by atoms with E-state index in [4.69, 9.17) is 10.8 Å². The zero-order valence-corrected chi connectivity index (χ0v) is 9.27. The Kier molecular flexibility index (Phi) is 3.86. The molecule has 92 valence electrons. The van der Waals surface area contributed by atoms with Crippen LogP contribution in [0.2, 0.25) is 0 Å². The van der Waals surface area contributed by atoms with E-state index in [0.717, 1.165) is 0 Å². The summed E-state index contributed by atoms with van der Waals surface area (Å²) in [7, 11) is 1.60. The second-order valence-electron chi connectivity index (χ2n) is 3.49. The van der Waals surface area contributed by atoms with Crippen LogP contribution in [-0.2, 0) is 11.8 Å². The number of hydrogen-bond donors (Lipinski definition) is 3. The fourth-order valence-electron chi connectivity index (χ4n) is 1.30. The third-order valence-corrected chi connectivity index (χ3v) is 2.15. The van der Waals surface area contributed by atoms with E-state index in [1.807, 2.05) is 0 Å². The molecule has 0 aliphatic heterocycles. The summed E-state index contributed by atoms with van der Waals surface area (Å²) in [6.07, 6.45) is 1.29. The molecule has 0 radical (unpaired) electrons. The number of nitrogens with two attached hydrogens (primary N) is 1. The van der Waals surface area contributed by atoms with Crippen molar-refractivity contribution in [1.29, 1.82) is 0 Å². The largest absolute Gasteiger partial charge is 0.481 e. The van der Waals surface area contributed by atoms with E-state index in [0.29, 0.717) is 0 Å². The lowest BCUT2D eigenvalue weighted by Crippen LogP contribution is -2.27. The molecule has 7 heteroatoms. The van der Waals surface area contributed by atoms with Gasteiger partial charge in [-0.2, -0.15) is 0 Å². The number of hydrogen-bond acceptors (Lipinski definition) is 3. The van der Waals surface area contributed by atoms with Crippen LogP contribution < -0.4 is 11.1 Å². The van der Waals surface area contributed by atoms with Gasteiger partial charge in [0.1, 0.15) is 5.69 Å². The monoisotopic (exact) mass is 239 g/mol. The minimum Gasteiger partial charge on any atom is -0.481 e. The predicted octanol–water partition coefficient (Wildman–Crippen LogP) is -0.671. The number of amides is 2. The van der Waals surface area contributed by atoms with Gasteiger partial charge in [0.15, 0.2) is 0 Å². The molecule has 2 amide bonds. The van der Waals surface area contributed by atoms with Crippen molar-refractivity contribution in [3.05, 3.63) is 23.5 Å². The zero-order chi connectivity index (χ0) is 13.0. The zero-order valence-electron chi connectivity index (χ0n) is 9.27.